The molecule has 0 spiro atoms. The van der Waals surface area contributed by atoms with Crippen molar-refractivity contribution in [3.8, 4) is 11.9 Å². The van der Waals surface area contributed by atoms with Crippen LogP contribution >= 0.6 is 11.6 Å². The third kappa shape index (κ3) is 2.76. The summed E-state index contributed by atoms with van der Waals surface area (Å²) in [6, 6.07) is 8.99. The fraction of sp³-hybridized carbons (Fsp3) is 0.176. The van der Waals surface area contributed by atoms with Crippen molar-refractivity contribution in [2.24, 2.45) is 0 Å². The summed E-state index contributed by atoms with van der Waals surface area (Å²) < 4.78 is 1.17. The molecule has 0 aliphatic heterocycles. The van der Waals surface area contributed by atoms with Crippen LogP contribution < -0.4 is 5.56 Å². The largest absolute Gasteiger partial charge is 0.494 e. The van der Waals surface area contributed by atoms with E-state index in [9.17, 15) is 15.2 Å². The van der Waals surface area contributed by atoms with E-state index in [0.29, 0.717) is 28.1 Å². The maximum atomic E-state index is 12.4. The monoisotopic (exact) mass is 314 g/mol. The van der Waals surface area contributed by atoms with Crippen LogP contribution in [-0.2, 0) is 13.0 Å². The van der Waals surface area contributed by atoms with Crippen molar-refractivity contribution in [3.63, 3.8) is 0 Å². The van der Waals surface area contributed by atoms with E-state index in [4.69, 9.17) is 11.6 Å². The third-order valence-corrected chi connectivity index (χ3v) is 3.93. The second kappa shape index (κ2) is 6.50. The van der Waals surface area contributed by atoms with Crippen LogP contribution in [0.25, 0.3) is 0 Å². The molecule has 2 aromatic rings. The van der Waals surface area contributed by atoms with Crippen molar-refractivity contribution in [2.45, 2.75) is 19.9 Å². The van der Waals surface area contributed by atoms with Gasteiger partial charge in [0.2, 0.25) is 0 Å². The molecule has 4 nitrogen and oxygen atoms in total. The minimum atomic E-state index is -0.523. The normalized spacial score (nSPS) is 10.2. The summed E-state index contributed by atoms with van der Waals surface area (Å²) >= 11 is 6.11. The van der Waals surface area contributed by atoms with Crippen LogP contribution in [0.4, 0.5) is 0 Å². The zero-order valence-electron chi connectivity index (χ0n) is 12.1. The van der Waals surface area contributed by atoms with Crippen molar-refractivity contribution in [2.75, 3.05) is 0 Å². The maximum Gasteiger partial charge on any atom is 0.271 e. The van der Waals surface area contributed by atoms with Crippen LogP contribution in [0, 0.1) is 18.3 Å². The lowest BCUT2D eigenvalue weighted by atomic mass is 10.0. The van der Waals surface area contributed by atoms with Crippen LogP contribution in [-0.4, -0.2) is 9.67 Å². The van der Waals surface area contributed by atoms with Gasteiger partial charge in [-0.05, 0) is 30.5 Å². The molecule has 0 atom stereocenters. The Morgan fingerprint density at radius 3 is 2.73 bits per heavy atom. The molecule has 0 fully saturated rings. The molecule has 0 saturated heterocycles. The molecule has 22 heavy (non-hydrogen) atoms. The number of hydrogen-bond acceptors (Lipinski definition) is 3. The van der Waals surface area contributed by atoms with Crippen LogP contribution in [0.1, 0.15) is 22.3 Å². The van der Waals surface area contributed by atoms with Crippen LogP contribution in [0.15, 0.2) is 41.7 Å². The average molecular weight is 315 g/mol. The second-order valence-electron chi connectivity index (χ2n) is 4.89. The predicted octanol–water partition coefficient (Wildman–Crippen LogP) is 3.16. The molecular formula is C17H15ClN2O2. The van der Waals surface area contributed by atoms with Gasteiger partial charge in [0.05, 0.1) is 6.54 Å². The van der Waals surface area contributed by atoms with Crippen LogP contribution in [0.3, 0.4) is 0 Å². The molecule has 1 aromatic heterocycles. The van der Waals surface area contributed by atoms with E-state index in [1.54, 1.807) is 37.3 Å². The molecule has 0 bridgehead atoms. The highest BCUT2D eigenvalue weighted by Crippen LogP contribution is 2.24. The molecule has 2 rings (SSSR count). The van der Waals surface area contributed by atoms with E-state index in [1.807, 2.05) is 6.07 Å². The number of halogens is 1. The SMILES string of the molecule is C=CCc1c(C)c(C#N)c(=O)n(Cc2ccccc2Cl)c1O. The molecule has 0 radical (unpaired) electrons. The van der Waals surface area contributed by atoms with Crippen LogP contribution in [0.2, 0.25) is 5.02 Å². The quantitative estimate of drug-likeness (QED) is 0.881. The fourth-order valence-corrected chi connectivity index (χ4v) is 2.53. The zero-order chi connectivity index (χ0) is 16.3. The molecule has 0 aliphatic rings. The summed E-state index contributed by atoms with van der Waals surface area (Å²) in [6.07, 6.45) is 1.99. The number of benzene rings is 1. The molecule has 0 amide bonds. The van der Waals surface area contributed by atoms with Crippen LogP contribution in [0.5, 0.6) is 5.88 Å². The molecular weight excluding hydrogens is 300 g/mol. The van der Waals surface area contributed by atoms with Gasteiger partial charge in [-0.25, -0.2) is 0 Å². The summed E-state index contributed by atoms with van der Waals surface area (Å²) in [5, 5.41) is 20.1. The molecule has 0 aliphatic carbocycles. The first kappa shape index (κ1) is 15.9. The van der Waals surface area contributed by atoms with Gasteiger partial charge in [0.25, 0.3) is 5.56 Å². The number of nitriles is 1. The summed E-state index contributed by atoms with van der Waals surface area (Å²) in [6.45, 7) is 5.39. The Bertz CT molecular complexity index is 832. The first-order valence-corrected chi connectivity index (χ1v) is 7.08. The number of aromatic nitrogens is 1. The van der Waals surface area contributed by atoms with Gasteiger partial charge >= 0.3 is 0 Å². The summed E-state index contributed by atoms with van der Waals surface area (Å²) in [7, 11) is 0. The van der Waals surface area contributed by atoms with Crippen molar-refractivity contribution in [1.29, 1.82) is 5.26 Å². The summed E-state index contributed by atoms with van der Waals surface area (Å²) in [5.41, 5.74) is 1.21. The molecule has 112 valence electrons. The standard InChI is InChI=1S/C17H15ClN2O2/c1-3-6-13-11(2)14(9-19)17(22)20(16(13)21)10-12-7-4-5-8-15(12)18/h3-5,7-8,21H,1,6,10H2,2H3. The molecule has 1 N–H and O–H groups in total. The zero-order valence-corrected chi connectivity index (χ0v) is 12.9. The number of allylic oxidation sites excluding steroid dienone is 1. The molecule has 5 heteroatoms. The highest BCUT2D eigenvalue weighted by Gasteiger charge is 2.18. The van der Waals surface area contributed by atoms with Gasteiger partial charge in [0, 0.05) is 10.6 Å². The van der Waals surface area contributed by atoms with E-state index < -0.39 is 5.56 Å². The Balaban J connectivity index is 2.68. The highest BCUT2D eigenvalue weighted by atomic mass is 35.5. The van der Waals surface area contributed by atoms with Gasteiger partial charge < -0.3 is 5.11 Å². The smallest absolute Gasteiger partial charge is 0.271 e. The Hall–Kier alpha value is -2.51. The Kier molecular flexibility index (Phi) is 4.69. The van der Waals surface area contributed by atoms with Gasteiger partial charge in [0.1, 0.15) is 11.6 Å². The Morgan fingerprint density at radius 1 is 1.45 bits per heavy atom. The maximum absolute atomic E-state index is 12.4. The van der Waals surface area contributed by atoms with Gasteiger partial charge in [-0.3, -0.25) is 9.36 Å². The first-order valence-electron chi connectivity index (χ1n) is 6.70. The van der Waals surface area contributed by atoms with E-state index in [2.05, 4.69) is 6.58 Å². The lowest BCUT2D eigenvalue weighted by molar-refractivity contribution is 0.408. The number of hydrogen-bond donors (Lipinski definition) is 1. The van der Waals surface area contributed by atoms with Gasteiger partial charge in [-0.15, -0.1) is 6.58 Å². The van der Waals surface area contributed by atoms with E-state index >= 15 is 0 Å². The van der Waals surface area contributed by atoms with Gasteiger partial charge in [0.15, 0.2) is 5.88 Å². The van der Waals surface area contributed by atoms with Gasteiger partial charge in [-0.1, -0.05) is 35.9 Å². The number of nitrogens with zero attached hydrogens (tertiary/aromatic N) is 2. The summed E-state index contributed by atoms with van der Waals surface area (Å²) in [5.74, 6) is -0.152. The van der Waals surface area contributed by atoms with Crippen molar-refractivity contribution in [1.82, 2.24) is 4.57 Å². The average Bonchev–Trinajstić information content (AvgIpc) is 2.50. The molecule has 1 aromatic carbocycles. The van der Waals surface area contributed by atoms with Crippen molar-refractivity contribution >= 4 is 11.6 Å². The molecule has 0 unspecified atom stereocenters. The minimum absolute atomic E-state index is 0.0294. The van der Waals surface area contributed by atoms with Gasteiger partial charge in [-0.2, -0.15) is 5.26 Å². The number of aromatic hydroxyl groups is 1. The highest BCUT2D eigenvalue weighted by molar-refractivity contribution is 6.31. The number of pyridine rings is 1. The topological polar surface area (TPSA) is 66.0 Å². The molecule has 0 saturated carbocycles. The van der Waals surface area contributed by atoms with E-state index in [1.165, 1.54) is 4.57 Å². The van der Waals surface area contributed by atoms with Crippen molar-refractivity contribution in [3.05, 3.63) is 74.6 Å². The van der Waals surface area contributed by atoms with Crippen molar-refractivity contribution < 1.29 is 5.11 Å². The van der Waals surface area contributed by atoms with E-state index in [-0.39, 0.29) is 18.0 Å². The Labute approximate surface area is 133 Å². The minimum Gasteiger partial charge on any atom is -0.494 e. The van der Waals surface area contributed by atoms with E-state index in [0.717, 1.165) is 0 Å². The summed E-state index contributed by atoms with van der Waals surface area (Å²) in [4.78, 5) is 12.4. The lowest BCUT2D eigenvalue weighted by Crippen LogP contribution is -2.26. The third-order valence-electron chi connectivity index (χ3n) is 3.56. The lowest BCUT2D eigenvalue weighted by Gasteiger charge is -2.16. The fourth-order valence-electron chi connectivity index (χ4n) is 2.34. The first-order chi connectivity index (χ1) is 10.5. The predicted molar refractivity (Wildman–Crippen MR) is 86.3 cm³/mol. The Morgan fingerprint density at radius 2 is 2.14 bits per heavy atom. The second-order valence-corrected chi connectivity index (χ2v) is 5.30. The molecule has 1 heterocycles. The number of rotatable bonds is 4.